The number of aromatic nitrogens is 1. The van der Waals surface area contributed by atoms with Crippen molar-refractivity contribution >= 4 is 26.8 Å². The molecule has 7 nitrogen and oxygen atoms in total. The fourth-order valence-corrected chi connectivity index (χ4v) is 5.00. The van der Waals surface area contributed by atoms with E-state index >= 15 is 0 Å². The summed E-state index contributed by atoms with van der Waals surface area (Å²) in [5.74, 6) is -1.29. The van der Waals surface area contributed by atoms with Crippen molar-refractivity contribution < 1.29 is 31.8 Å². The molecule has 0 spiro atoms. The van der Waals surface area contributed by atoms with Crippen LogP contribution < -0.4 is 10.1 Å². The number of phenols is 1. The fourth-order valence-electron chi connectivity index (χ4n) is 3.47. The maximum absolute atomic E-state index is 13.5. The first kappa shape index (κ1) is 22.1. The molecule has 1 fully saturated rings. The molecule has 1 heterocycles. The number of hydrogen-bond donors (Lipinski definition) is 2. The summed E-state index contributed by atoms with van der Waals surface area (Å²) in [4.78, 5) is 12.4. The van der Waals surface area contributed by atoms with Crippen molar-refractivity contribution in [1.82, 2.24) is 9.29 Å². The number of alkyl halides is 2. The first-order valence-electron chi connectivity index (χ1n) is 9.94. The predicted molar refractivity (Wildman–Crippen MR) is 113 cm³/mol. The van der Waals surface area contributed by atoms with Gasteiger partial charge in [-0.2, -0.15) is 8.78 Å². The summed E-state index contributed by atoms with van der Waals surface area (Å²) >= 11 is 0. The lowest BCUT2D eigenvalue weighted by atomic mass is 10.1. The number of halogens is 2. The van der Waals surface area contributed by atoms with Gasteiger partial charge in [0.2, 0.25) is 5.91 Å². The van der Waals surface area contributed by atoms with Crippen LogP contribution in [0.2, 0.25) is 0 Å². The molecule has 1 amide bonds. The van der Waals surface area contributed by atoms with Crippen LogP contribution in [0.5, 0.6) is 11.5 Å². The van der Waals surface area contributed by atoms with Crippen LogP contribution in [0, 0.1) is 12.3 Å². The number of nitrogens with zero attached hydrogens (tertiary/aromatic N) is 1. The van der Waals surface area contributed by atoms with Crippen LogP contribution in [-0.4, -0.2) is 30.0 Å². The number of phenolic OH excluding ortho intramolecular Hbond substituents is 1. The lowest BCUT2D eigenvalue weighted by Gasteiger charge is -2.15. The molecule has 0 radical (unpaired) electrons. The maximum Gasteiger partial charge on any atom is 0.387 e. The maximum atomic E-state index is 13.5. The summed E-state index contributed by atoms with van der Waals surface area (Å²) in [6.45, 7) is 0.394. The highest BCUT2D eigenvalue weighted by Crippen LogP contribution is 2.45. The normalized spacial score (nSPS) is 15.2. The quantitative estimate of drug-likeness (QED) is 0.553. The minimum Gasteiger partial charge on any atom is -0.504 e. The summed E-state index contributed by atoms with van der Waals surface area (Å²) in [5.41, 5.74) is 0.708. The van der Waals surface area contributed by atoms with Crippen molar-refractivity contribution in [2.45, 2.75) is 44.7 Å². The van der Waals surface area contributed by atoms with Crippen molar-refractivity contribution in [3.8, 4) is 11.5 Å². The third-order valence-corrected chi connectivity index (χ3v) is 7.44. The van der Waals surface area contributed by atoms with E-state index in [9.17, 15) is 27.1 Å². The Bertz CT molecular complexity index is 1300. The lowest BCUT2D eigenvalue weighted by Crippen LogP contribution is -2.31. The Kier molecular flexibility index (Phi) is 5.36. The fraction of sp³-hybridized carbons (Fsp3) is 0.318. The molecule has 0 bridgehead atoms. The molecule has 3 aromatic rings. The molecule has 1 saturated carbocycles. The Labute approximate surface area is 183 Å². The van der Waals surface area contributed by atoms with Crippen molar-refractivity contribution in [2.24, 2.45) is 5.41 Å². The molecule has 0 aliphatic heterocycles. The van der Waals surface area contributed by atoms with Crippen molar-refractivity contribution in [2.75, 3.05) is 0 Å². The number of amides is 1. The number of benzene rings is 2. The summed E-state index contributed by atoms with van der Waals surface area (Å²) < 4.78 is 57.7. The number of fused-ring (bicyclic) bond motifs is 1. The zero-order valence-corrected chi connectivity index (χ0v) is 18.2. The van der Waals surface area contributed by atoms with Crippen LogP contribution in [0.15, 0.2) is 47.4 Å². The van der Waals surface area contributed by atoms with Gasteiger partial charge >= 0.3 is 6.61 Å². The van der Waals surface area contributed by atoms with Gasteiger partial charge in [-0.3, -0.25) is 4.79 Å². The van der Waals surface area contributed by atoms with Gasteiger partial charge in [-0.05, 0) is 44.0 Å². The Balaban J connectivity index is 1.84. The number of ether oxygens (including phenoxy) is 1. The van der Waals surface area contributed by atoms with E-state index in [0.29, 0.717) is 0 Å². The summed E-state index contributed by atoms with van der Waals surface area (Å²) in [6, 6.07) is 9.89. The third-order valence-electron chi connectivity index (χ3n) is 5.66. The molecule has 10 heteroatoms. The Morgan fingerprint density at radius 3 is 2.47 bits per heavy atom. The van der Waals surface area contributed by atoms with E-state index in [1.165, 1.54) is 18.2 Å². The zero-order valence-electron chi connectivity index (χ0n) is 17.4. The van der Waals surface area contributed by atoms with E-state index in [1.807, 2.05) is 13.8 Å². The standard InChI is InChI=1S/C22H22F2N2O5S/c1-13-3-5-16(6-4-13)32(29,30)26-15(12-25-20(28)22(2)7-8-22)9-14-10-19(31-21(23)24)18(27)11-17(14)26/h3-6,9-11,21,27H,7-8,12H2,1-2H3,(H,25,28). The molecular weight excluding hydrogens is 442 g/mol. The van der Waals surface area contributed by atoms with Crippen molar-refractivity contribution in [1.29, 1.82) is 0 Å². The second kappa shape index (κ2) is 7.77. The van der Waals surface area contributed by atoms with Gasteiger partial charge in [0.25, 0.3) is 10.0 Å². The molecule has 0 atom stereocenters. The van der Waals surface area contributed by atoms with Gasteiger partial charge in [0, 0.05) is 16.9 Å². The molecule has 2 aromatic carbocycles. The van der Waals surface area contributed by atoms with Crippen LogP contribution in [-0.2, 0) is 21.4 Å². The van der Waals surface area contributed by atoms with Gasteiger partial charge in [-0.1, -0.05) is 24.6 Å². The Morgan fingerprint density at radius 2 is 1.88 bits per heavy atom. The number of hydrogen-bond acceptors (Lipinski definition) is 5. The van der Waals surface area contributed by atoms with Gasteiger partial charge in [0.15, 0.2) is 11.5 Å². The topological polar surface area (TPSA) is 97.6 Å². The molecule has 1 aromatic heterocycles. The molecule has 1 aliphatic carbocycles. The number of carbonyl (C=O) groups excluding carboxylic acids is 1. The van der Waals surface area contributed by atoms with E-state index in [-0.39, 0.29) is 33.9 Å². The molecule has 1 aliphatic rings. The smallest absolute Gasteiger partial charge is 0.387 e. The van der Waals surface area contributed by atoms with Crippen LogP contribution >= 0.6 is 0 Å². The van der Waals surface area contributed by atoms with Gasteiger partial charge in [-0.25, -0.2) is 12.4 Å². The molecule has 2 N–H and O–H groups in total. The van der Waals surface area contributed by atoms with Crippen LogP contribution in [0.25, 0.3) is 10.9 Å². The van der Waals surface area contributed by atoms with Crippen molar-refractivity contribution in [3.63, 3.8) is 0 Å². The molecular formula is C22H22F2N2O5S. The van der Waals surface area contributed by atoms with Crippen LogP contribution in [0.3, 0.4) is 0 Å². The minimum atomic E-state index is -4.12. The number of nitrogens with one attached hydrogen (secondary N) is 1. The Hall–Kier alpha value is -3.14. The Morgan fingerprint density at radius 1 is 1.22 bits per heavy atom. The monoisotopic (exact) mass is 464 g/mol. The lowest BCUT2D eigenvalue weighted by molar-refractivity contribution is -0.125. The first-order chi connectivity index (χ1) is 15.0. The van der Waals surface area contributed by atoms with E-state index in [4.69, 9.17) is 0 Å². The number of aryl methyl sites for hydroxylation is 1. The predicted octanol–water partition coefficient (Wildman–Crippen LogP) is 3.91. The first-order valence-corrected chi connectivity index (χ1v) is 11.4. The summed E-state index contributed by atoms with van der Waals surface area (Å²) in [5, 5.41) is 13.2. The highest BCUT2D eigenvalue weighted by atomic mass is 32.2. The van der Waals surface area contributed by atoms with Crippen molar-refractivity contribution in [3.05, 3.63) is 53.7 Å². The molecule has 32 heavy (non-hydrogen) atoms. The molecule has 0 unspecified atom stereocenters. The van der Waals surface area contributed by atoms with E-state index in [2.05, 4.69) is 10.1 Å². The van der Waals surface area contributed by atoms with E-state index in [1.54, 1.807) is 12.1 Å². The average Bonchev–Trinajstić information content (AvgIpc) is 3.37. The summed E-state index contributed by atoms with van der Waals surface area (Å²) in [6.07, 6.45) is 1.51. The number of carbonyl (C=O) groups is 1. The SMILES string of the molecule is Cc1ccc(S(=O)(=O)n2c(CNC(=O)C3(C)CC3)cc3cc(OC(F)F)c(O)cc32)cc1. The highest BCUT2D eigenvalue weighted by Gasteiger charge is 2.44. The molecule has 4 rings (SSSR count). The molecule has 170 valence electrons. The summed E-state index contributed by atoms with van der Waals surface area (Å²) in [7, 11) is -4.12. The van der Waals surface area contributed by atoms with E-state index in [0.717, 1.165) is 34.5 Å². The second-order valence-corrected chi connectivity index (χ2v) is 10.0. The largest absolute Gasteiger partial charge is 0.504 e. The van der Waals surface area contributed by atoms with Crippen LogP contribution in [0.4, 0.5) is 8.78 Å². The average molecular weight is 464 g/mol. The highest BCUT2D eigenvalue weighted by molar-refractivity contribution is 7.90. The van der Waals surface area contributed by atoms with Gasteiger partial charge in [-0.15, -0.1) is 0 Å². The van der Waals surface area contributed by atoms with Crippen LogP contribution in [0.1, 0.15) is 31.0 Å². The van der Waals surface area contributed by atoms with E-state index < -0.39 is 33.5 Å². The minimum absolute atomic E-state index is 0.00901. The zero-order chi connectivity index (χ0) is 23.3. The van der Waals surface area contributed by atoms with Gasteiger partial charge in [0.1, 0.15) is 0 Å². The third kappa shape index (κ3) is 4.02. The van der Waals surface area contributed by atoms with Gasteiger partial charge < -0.3 is 15.2 Å². The van der Waals surface area contributed by atoms with Gasteiger partial charge in [0.05, 0.1) is 22.7 Å². The molecule has 0 saturated heterocycles. The second-order valence-electron chi connectivity index (χ2n) is 8.22. The number of rotatable bonds is 7. The number of aromatic hydroxyl groups is 1.